The molecule has 0 aromatic carbocycles. The summed E-state index contributed by atoms with van der Waals surface area (Å²) in [5.41, 5.74) is -0.00396. The zero-order valence-corrected chi connectivity index (χ0v) is 7.60. The molecule has 0 aromatic rings. The Morgan fingerprint density at radius 1 is 1.58 bits per heavy atom. The molecule has 0 aromatic heterocycles. The molecule has 0 aliphatic carbocycles. The number of rotatable bonds is 1. The first-order chi connectivity index (χ1) is 5.77. The lowest BCUT2D eigenvalue weighted by Gasteiger charge is -2.19. The normalized spacial score (nSPS) is 36.2. The highest BCUT2D eigenvalue weighted by Crippen LogP contribution is 2.36. The van der Waals surface area contributed by atoms with E-state index in [1.54, 1.807) is 0 Å². The molecule has 1 unspecified atom stereocenters. The molecule has 1 spiro atoms. The standard InChI is InChI=1S/C9H16N2O/c1-2-11-6-4-9(7-11)3-5-10-8(9)12/h2-7H2,1H3,(H,10,12). The van der Waals surface area contributed by atoms with Crippen molar-refractivity contribution in [2.75, 3.05) is 26.2 Å². The van der Waals surface area contributed by atoms with Gasteiger partial charge in [-0.3, -0.25) is 4.79 Å². The van der Waals surface area contributed by atoms with Gasteiger partial charge in [-0.2, -0.15) is 0 Å². The highest BCUT2D eigenvalue weighted by molar-refractivity contribution is 5.85. The zero-order chi connectivity index (χ0) is 8.60. The van der Waals surface area contributed by atoms with Gasteiger partial charge in [0.15, 0.2) is 0 Å². The summed E-state index contributed by atoms with van der Waals surface area (Å²) in [5, 5.41) is 2.93. The van der Waals surface area contributed by atoms with Crippen LogP contribution >= 0.6 is 0 Å². The summed E-state index contributed by atoms with van der Waals surface area (Å²) < 4.78 is 0. The van der Waals surface area contributed by atoms with Crippen LogP contribution in [0.4, 0.5) is 0 Å². The fourth-order valence-electron chi connectivity index (χ4n) is 2.33. The van der Waals surface area contributed by atoms with Crippen molar-refractivity contribution in [2.45, 2.75) is 19.8 Å². The number of carbonyl (C=O) groups is 1. The van der Waals surface area contributed by atoms with Crippen LogP contribution in [0.15, 0.2) is 0 Å². The Bertz CT molecular complexity index is 205. The molecule has 3 heteroatoms. The molecule has 1 amide bonds. The predicted molar refractivity (Wildman–Crippen MR) is 46.8 cm³/mol. The van der Waals surface area contributed by atoms with Gasteiger partial charge < -0.3 is 10.2 Å². The minimum Gasteiger partial charge on any atom is -0.356 e. The van der Waals surface area contributed by atoms with Crippen LogP contribution in [-0.4, -0.2) is 37.0 Å². The van der Waals surface area contributed by atoms with E-state index in [0.717, 1.165) is 39.0 Å². The number of carbonyl (C=O) groups excluding carboxylic acids is 1. The summed E-state index contributed by atoms with van der Waals surface area (Å²) in [6, 6.07) is 0. The van der Waals surface area contributed by atoms with Gasteiger partial charge in [-0.05, 0) is 25.9 Å². The smallest absolute Gasteiger partial charge is 0.227 e. The molecule has 12 heavy (non-hydrogen) atoms. The minimum atomic E-state index is -0.00396. The Morgan fingerprint density at radius 3 is 2.92 bits per heavy atom. The van der Waals surface area contributed by atoms with Crippen molar-refractivity contribution in [2.24, 2.45) is 5.41 Å². The number of hydrogen-bond donors (Lipinski definition) is 1. The molecule has 0 radical (unpaired) electrons. The van der Waals surface area contributed by atoms with Crippen LogP contribution in [0.3, 0.4) is 0 Å². The number of nitrogens with zero attached hydrogens (tertiary/aromatic N) is 1. The molecule has 2 fully saturated rings. The van der Waals surface area contributed by atoms with E-state index in [1.807, 2.05) is 0 Å². The van der Waals surface area contributed by atoms with Gasteiger partial charge in [0.1, 0.15) is 0 Å². The van der Waals surface area contributed by atoms with Crippen LogP contribution in [-0.2, 0) is 4.79 Å². The lowest BCUT2D eigenvalue weighted by molar-refractivity contribution is -0.127. The second-order valence-electron chi connectivity index (χ2n) is 3.90. The van der Waals surface area contributed by atoms with E-state index in [9.17, 15) is 4.79 Å². The molecule has 2 aliphatic rings. The third-order valence-electron chi connectivity index (χ3n) is 3.25. The van der Waals surface area contributed by atoms with Crippen molar-refractivity contribution in [3.63, 3.8) is 0 Å². The van der Waals surface area contributed by atoms with Crippen molar-refractivity contribution in [1.82, 2.24) is 10.2 Å². The Labute approximate surface area is 73.1 Å². The Balaban J connectivity index is 2.08. The topological polar surface area (TPSA) is 32.3 Å². The average Bonchev–Trinajstić information content (AvgIpc) is 2.63. The molecule has 3 nitrogen and oxygen atoms in total. The number of likely N-dealkylation sites (tertiary alicyclic amines) is 1. The van der Waals surface area contributed by atoms with E-state index in [4.69, 9.17) is 0 Å². The van der Waals surface area contributed by atoms with Crippen LogP contribution in [0.1, 0.15) is 19.8 Å². The fourth-order valence-corrected chi connectivity index (χ4v) is 2.33. The molecule has 1 N–H and O–H groups in total. The van der Waals surface area contributed by atoms with Crippen molar-refractivity contribution in [3.8, 4) is 0 Å². The SMILES string of the molecule is CCN1CCC2(CCNC2=O)C1. The summed E-state index contributed by atoms with van der Waals surface area (Å²) >= 11 is 0. The van der Waals surface area contributed by atoms with Gasteiger partial charge in [-0.1, -0.05) is 6.92 Å². The van der Waals surface area contributed by atoms with E-state index in [0.29, 0.717) is 5.91 Å². The summed E-state index contributed by atoms with van der Waals surface area (Å²) in [6.07, 6.45) is 2.11. The molecular weight excluding hydrogens is 152 g/mol. The summed E-state index contributed by atoms with van der Waals surface area (Å²) in [6.45, 7) is 6.20. The maximum atomic E-state index is 11.5. The molecule has 2 aliphatic heterocycles. The third kappa shape index (κ3) is 1.04. The zero-order valence-electron chi connectivity index (χ0n) is 7.60. The Morgan fingerprint density at radius 2 is 2.42 bits per heavy atom. The molecular formula is C9H16N2O. The second kappa shape index (κ2) is 2.73. The van der Waals surface area contributed by atoms with Crippen LogP contribution < -0.4 is 5.32 Å². The molecule has 68 valence electrons. The van der Waals surface area contributed by atoms with Gasteiger partial charge in [-0.15, -0.1) is 0 Å². The largest absolute Gasteiger partial charge is 0.356 e. The first-order valence-corrected chi connectivity index (χ1v) is 4.77. The van der Waals surface area contributed by atoms with Crippen molar-refractivity contribution >= 4 is 5.91 Å². The summed E-state index contributed by atoms with van der Waals surface area (Å²) in [4.78, 5) is 13.9. The van der Waals surface area contributed by atoms with Gasteiger partial charge in [-0.25, -0.2) is 0 Å². The Hall–Kier alpha value is -0.570. The van der Waals surface area contributed by atoms with Gasteiger partial charge in [0.25, 0.3) is 0 Å². The average molecular weight is 168 g/mol. The first kappa shape index (κ1) is 8.05. The van der Waals surface area contributed by atoms with Crippen molar-refractivity contribution in [3.05, 3.63) is 0 Å². The number of amides is 1. The van der Waals surface area contributed by atoms with E-state index in [-0.39, 0.29) is 5.41 Å². The summed E-state index contributed by atoms with van der Waals surface area (Å²) in [5.74, 6) is 0.290. The van der Waals surface area contributed by atoms with Crippen molar-refractivity contribution in [1.29, 1.82) is 0 Å². The van der Waals surface area contributed by atoms with Gasteiger partial charge in [0.2, 0.25) is 5.91 Å². The van der Waals surface area contributed by atoms with Crippen LogP contribution in [0, 0.1) is 5.41 Å². The molecule has 0 bridgehead atoms. The number of hydrogen-bond acceptors (Lipinski definition) is 2. The molecule has 2 saturated heterocycles. The van der Waals surface area contributed by atoms with Crippen LogP contribution in [0.5, 0.6) is 0 Å². The number of nitrogens with one attached hydrogen (secondary N) is 1. The summed E-state index contributed by atoms with van der Waals surface area (Å²) in [7, 11) is 0. The van der Waals surface area contributed by atoms with Gasteiger partial charge in [0.05, 0.1) is 5.41 Å². The molecule has 0 saturated carbocycles. The molecule has 2 heterocycles. The van der Waals surface area contributed by atoms with E-state index in [1.165, 1.54) is 0 Å². The van der Waals surface area contributed by atoms with E-state index >= 15 is 0 Å². The lowest BCUT2D eigenvalue weighted by Crippen LogP contribution is -2.34. The van der Waals surface area contributed by atoms with Crippen LogP contribution in [0.25, 0.3) is 0 Å². The van der Waals surface area contributed by atoms with Gasteiger partial charge >= 0.3 is 0 Å². The van der Waals surface area contributed by atoms with E-state index in [2.05, 4.69) is 17.1 Å². The second-order valence-corrected chi connectivity index (χ2v) is 3.90. The minimum absolute atomic E-state index is 0.00396. The Kier molecular flexibility index (Phi) is 1.83. The maximum Gasteiger partial charge on any atom is 0.227 e. The van der Waals surface area contributed by atoms with Crippen LogP contribution in [0.2, 0.25) is 0 Å². The molecule has 2 rings (SSSR count). The maximum absolute atomic E-state index is 11.5. The fraction of sp³-hybridized carbons (Fsp3) is 0.889. The monoisotopic (exact) mass is 168 g/mol. The third-order valence-corrected chi connectivity index (χ3v) is 3.25. The first-order valence-electron chi connectivity index (χ1n) is 4.77. The predicted octanol–water partition coefficient (Wildman–Crippen LogP) is 0.218. The van der Waals surface area contributed by atoms with E-state index < -0.39 is 0 Å². The molecule has 1 atom stereocenters. The highest BCUT2D eigenvalue weighted by atomic mass is 16.2. The quantitative estimate of drug-likeness (QED) is 0.607. The highest BCUT2D eigenvalue weighted by Gasteiger charge is 2.46. The van der Waals surface area contributed by atoms with Gasteiger partial charge in [0, 0.05) is 13.1 Å². The lowest BCUT2D eigenvalue weighted by atomic mass is 9.86. The van der Waals surface area contributed by atoms with Crippen molar-refractivity contribution < 1.29 is 4.79 Å².